The first-order valence-electron chi connectivity index (χ1n) is 3.53. The Bertz CT molecular complexity index is 165. The molecule has 0 aromatic carbocycles. The third-order valence-corrected chi connectivity index (χ3v) is 1.74. The molecular formula is C7H10N2O. The molecule has 1 fully saturated rings. The predicted molar refractivity (Wildman–Crippen MR) is 36.0 cm³/mol. The van der Waals surface area contributed by atoms with Crippen molar-refractivity contribution < 1.29 is 4.79 Å². The molecule has 0 aromatic rings. The summed E-state index contributed by atoms with van der Waals surface area (Å²) in [6.07, 6.45) is 3.29. The number of amides is 1. The van der Waals surface area contributed by atoms with E-state index in [1.54, 1.807) is 11.0 Å². The number of nitriles is 1. The minimum Gasteiger partial charge on any atom is -0.330 e. The van der Waals surface area contributed by atoms with Gasteiger partial charge in [-0.2, -0.15) is 5.26 Å². The van der Waals surface area contributed by atoms with E-state index in [2.05, 4.69) is 0 Å². The lowest BCUT2D eigenvalue weighted by Crippen LogP contribution is -2.34. The zero-order chi connectivity index (χ0) is 7.40. The van der Waals surface area contributed by atoms with Crippen molar-refractivity contribution in [3.8, 4) is 6.07 Å². The minimum absolute atomic E-state index is 0.375. The monoisotopic (exact) mass is 138 g/mol. The summed E-state index contributed by atoms with van der Waals surface area (Å²) in [5.74, 6) is -0.375. The summed E-state index contributed by atoms with van der Waals surface area (Å²) in [6.45, 7) is 1.54. The first-order valence-corrected chi connectivity index (χ1v) is 3.53. The standard InChI is InChI=1S/C7H10N2O/c8-6-7(10)9-4-2-1-3-5-9/h1-5H2. The number of hydrogen-bond acceptors (Lipinski definition) is 2. The Labute approximate surface area is 60.2 Å². The number of carbonyl (C=O) groups excluding carboxylic acids is 1. The highest BCUT2D eigenvalue weighted by Crippen LogP contribution is 2.07. The van der Waals surface area contributed by atoms with Crippen LogP contribution < -0.4 is 0 Å². The zero-order valence-corrected chi connectivity index (χ0v) is 5.84. The van der Waals surface area contributed by atoms with E-state index < -0.39 is 0 Å². The molecule has 3 nitrogen and oxygen atoms in total. The predicted octanol–water partition coefficient (Wildman–Crippen LogP) is 0.522. The van der Waals surface area contributed by atoms with E-state index in [-0.39, 0.29) is 5.91 Å². The van der Waals surface area contributed by atoms with Gasteiger partial charge in [0.1, 0.15) is 0 Å². The van der Waals surface area contributed by atoms with Gasteiger partial charge in [-0.25, -0.2) is 0 Å². The quantitative estimate of drug-likeness (QED) is 0.458. The molecule has 1 amide bonds. The largest absolute Gasteiger partial charge is 0.330 e. The second kappa shape index (κ2) is 3.21. The van der Waals surface area contributed by atoms with Gasteiger partial charge >= 0.3 is 5.91 Å². The van der Waals surface area contributed by atoms with Gasteiger partial charge in [0.15, 0.2) is 6.07 Å². The van der Waals surface area contributed by atoms with E-state index in [0.29, 0.717) is 0 Å². The Balaban J connectivity index is 2.40. The van der Waals surface area contributed by atoms with Crippen molar-refractivity contribution in [2.75, 3.05) is 13.1 Å². The van der Waals surface area contributed by atoms with Gasteiger partial charge < -0.3 is 4.90 Å². The van der Waals surface area contributed by atoms with Crippen LogP contribution in [-0.4, -0.2) is 23.9 Å². The first-order chi connectivity index (χ1) is 4.84. The van der Waals surface area contributed by atoms with Crippen LogP contribution in [0.2, 0.25) is 0 Å². The van der Waals surface area contributed by atoms with Crippen LogP contribution in [0, 0.1) is 11.3 Å². The summed E-state index contributed by atoms with van der Waals surface area (Å²) in [4.78, 5) is 12.3. The lowest BCUT2D eigenvalue weighted by atomic mass is 10.1. The fourth-order valence-corrected chi connectivity index (χ4v) is 1.17. The van der Waals surface area contributed by atoms with Crippen LogP contribution in [0.1, 0.15) is 19.3 Å². The van der Waals surface area contributed by atoms with E-state index in [1.165, 1.54) is 6.42 Å². The van der Waals surface area contributed by atoms with Crippen LogP contribution in [0.15, 0.2) is 0 Å². The molecule has 1 saturated heterocycles. The maximum Gasteiger partial charge on any atom is 0.324 e. The van der Waals surface area contributed by atoms with Crippen molar-refractivity contribution in [2.24, 2.45) is 0 Å². The summed E-state index contributed by atoms with van der Waals surface area (Å²) in [5.41, 5.74) is 0. The Kier molecular flexibility index (Phi) is 2.27. The van der Waals surface area contributed by atoms with Gasteiger partial charge in [-0.1, -0.05) is 0 Å². The van der Waals surface area contributed by atoms with Crippen LogP contribution in [0.5, 0.6) is 0 Å². The Hall–Kier alpha value is -1.04. The highest BCUT2D eigenvalue weighted by atomic mass is 16.2. The molecule has 1 rings (SSSR count). The molecule has 10 heavy (non-hydrogen) atoms. The molecule has 0 atom stereocenters. The zero-order valence-electron chi connectivity index (χ0n) is 5.84. The molecule has 1 heterocycles. The van der Waals surface area contributed by atoms with Crippen molar-refractivity contribution in [3.63, 3.8) is 0 Å². The molecule has 3 heteroatoms. The molecular weight excluding hydrogens is 128 g/mol. The van der Waals surface area contributed by atoms with Crippen LogP contribution in [0.4, 0.5) is 0 Å². The summed E-state index contributed by atoms with van der Waals surface area (Å²) in [5, 5.41) is 8.25. The third kappa shape index (κ3) is 1.47. The molecule has 0 N–H and O–H groups in total. The normalized spacial score (nSPS) is 18.1. The molecule has 0 bridgehead atoms. The van der Waals surface area contributed by atoms with Crippen LogP contribution >= 0.6 is 0 Å². The van der Waals surface area contributed by atoms with Gasteiger partial charge in [-0.3, -0.25) is 4.79 Å². The summed E-state index contributed by atoms with van der Waals surface area (Å²) >= 11 is 0. The fourth-order valence-electron chi connectivity index (χ4n) is 1.17. The molecule has 1 aliphatic heterocycles. The second-order valence-corrected chi connectivity index (χ2v) is 2.46. The average Bonchev–Trinajstić information content (AvgIpc) is 2.05. The fraction of sp³-hybridized carbons (Fsp3) is 0.714. The van der Waals surface area contributed by atoms with Gasteiger partial charge in [0.2, 0.25) is 0 Å². The van der Waals surface area contributed by atoms with Crippen molar-refractivity contribution >= 4 is 5.91 Å². The van der Waals surface area contributed by atoms with Gasteiger partial charge in [0.25, 0.3) is 0 Å². The van der Waals surface area contributed by atoms with Crippen molar-refractivity contribution in [1.82, 2.24) is 4.90 Å². The van der Waals surface area contributed by atoms with E-state index in [0.717, 1.165) is 25.9 Å². The maximum atomic E-state index is 10.7. The molecule has 0 unspecified atom stereocenters. The first kappa shape index (κ1) is 7.07. The number of hydrogen-bond donors (Lipinski definition) is 0. The van der Waals surface area contributed by atoms with E-state index in [1.807, 2.05) is 0 Å². The van der Waals surface area contributed by atoms with Gasteiger partial charge in [-0.05, 0) is 19.3 Å². The third-order valence-electron chi connectivity index (χ3n) is 1.74. The second-order valence-electron chi connectivity index (χ2n) is 2.46. The van der Waals surface area contributed by atoms with Crippen LogP contribution in [-0.2, 0) is 4.79 Å². The summed E-state index contributed by atoms with van der Waals surface area (Å²) in [7, 11) is 0. The number of likely N-dealkylation sites (tertiary alicyclic amines) is 1. The molecule has 54 valence electrons. The molecule has 0 saturated carbocycles. The van der Waals surface area contributed by atoms with Gasteiger partial charge in [0, 0.05) is 13.1 Å². The van der Waals surface area contributed by atoms with E-state index in [9.17, 15) is 4.79 Å². The highest BCUT2D eigenvalue weighted by Gasteiger charge is 2.14. The number of rotatable bonds is 0. The average molecular weight is 138 g/mol. The van der Waals surface area contributed by atoms with Crippen molar-refractivity contribution in [1.29, 1.82) is 5.26 Å². The van der Waals surface area contributed by atoms with Crippen molar-refractivity contribution in [2.45, 2.75) is 19.3 Å². The molecule has 0 aromatic heterocycles. The smallest absolute Gasteiger partial charge is 0.324 e. The summed E-state index contributed by atoms with van der Waals surface area (Å²) in [6, 6.07) is 1.62. The highest BCUT2D eigenvalue weighted by molar-refractivity contribution is 5.91. The lowest BCUT2D eigenvalue weighted by molar-refractivity contribution is -0.126. The Morgan fingerprint density at radius 1 is 1.30 bits per heavy atom. The Morgan fingerprint density at radius 2 is 1.90 bits per heavy atom. The number of piperidine rings is 1. The minimum atomic E-state index is -0.375. The van der Waals surface area contributed by atoms with Crippen molar-refractivity contribution in [3.05, 3.63) is 0 Å². The molecule has 0 aliphatic carbocycles. The lowest BCUT2D eigenvalue weighted by Gasteiger charge is -2.23. The van der Waals surface area contributed by atoms with E-state index >= 15 is 0 Å². The Morgan fingerprint density at radius 3 is 2.40 bits per heavy atom. The molecule has 0 radical (unpaired) electrons. The maximum absolute atomic E-state index is 10.7. The van der Waals surface area contributed by atoms with Crippen LogP contribution in [0.3, 0.4) is 0 Å². The van der Waals surface area contributed by atoms with E-state index in [4.69, 9.17) is 5.26 Å². The van der Waals surface area contributed by atoms with Gasteiger partial charge in [-0.15, -0.1) is 0 Å². The summed E-state index contributed by atoms with van der Waals surface area (Å²) < 4.78 is 0. The van der Waals surface area contributed by atoms with Gasteiger partial charge in [0.05, 0.1) is 0 Å². The SMILES string of the molecule is N#CC(=O)N1CCCCC1. The topological polar surface area (TPSA) is 44.1 Å². The number of nitrogens with zero attached hydrogens (tertiary/aromatic N) is 2. The number of carbonyl (C=O) groups is 1. The molecule has 0 spiro atoms. The molecule has 1 aliphatic rings. The van der Waals surface area contributed by atoms with Crippen LogP contribution in [0.25, 0.3) is 0 Å².